The first kappa shape index (κ1) is 13.3. The van der Waals surface area contributed by atoms with E-state index in [1.807, 2.05) is 25.1 Å². The number of hydrazine groups is 1. The minimum atomic E-state index is 0.380. The second-order valence-corrected chi connectivity index (χ2v) is 4.59. The molecule has 0 radical (unpaired) electrons. The van der Waals surface area contributed by atoms with Gasteiger partial charge in [0.15, 0.2) is 0 Å². The molecule has 1 aromatic heterocycles. The van der Waals surface area contributed by atoms with Gasteiger partial charge < -0.3 is 10.2 Å². The van der Waals surface area contributed by atoms with E-state index in [0.717, 1.165) is 16.9 Å². The minimum absolute atomic E-state index is 0.380. The van der Waals surface area contributed by atoms with E-state index in [9.17, 15) is 0 Å². The van der Waals surface area contributed by atoms with E-state index < -0.39 is 0 Å². The zero-order chi connectivity index (χ0) is 13.8. The Kier molecular flexibility index (Phi) is 3.97. The number of anilines is 1. The Hall–Kier alpha value is -2.14. The zero-order valence-electron chi connectivity index (χ0n) is 11.3. The lowest BCUT2D eigenvalue weighted by molar-refractivity contribution is 0.449. The monoisotopic (exact) mass is 258 g/mol. The van der Waals surface area contributed by atoms with E-state index >= 15 is 0 Å². The number of rotatable bonds is 4. The summed E-state index contributed by atoms with van der Waals surface area (Å²) in [7, 11) is 0. The van der Waals surface area contributed by atoms with Crippen molar-refractivity contribution < 1.29 is 4.74 Å². The van der Waals surface area contributed by atoms with Gasteiger partial charge >= 0.3 is 0 Å². The number of ether oxygens (including phenoxy) is 1. The maximum absolute atomic E-state index is 5.90. The van der Waals surface area contributed by atoms with Crippen LogP contribution in [0.1, 0.15) is 30.9 Å². The molecule has 100 valence electrons. The molecule has 0 amide bonds. The van der Waals surface area contributed by atoms with Gasteiger partial charge in [-0.25, -0.2) is 15.8 Å². The van der Waals surface area contributed by atoms with Crippen molar-refractivity contribution in [2.75, 3.05) is 5.43 Å². The number of hydrogen-bond acceptors (Lipinski definition) is 5. The molecule has 5 nitrogen and oxygen atoms in total. The number of nitrogens with zero attached hydrogens (tertiary/aromatic N) is 2. The second kappa shape index (κ2) is 5.67. The SMILES string of the molecule is Cc1c(NN)ncnc1Oc1ccccc1C(C)C. The number of aromatic nitrogens is 2. The van der Waals surface area contributed by atoms with Crippen LogP contribution in [0, 0.1) is 6.92 Å². The quantitative estimate of drug-likeness (QED) is 0.651. The van der Waals surface area contributed by atoms with Crippen LogP contribution in [0.25, 0.3) is 0 Å². The summed E-state index contributed by atoms with van der Waals surface area (Å²) in [5.41, 5.74) is 4.45. The molecule has 2 rings (SSSR count). The van der Waals surface area contributed by atoms with Gasteiger partial charge in [-0.3, -0.25) is 0 Å². The van der Waals surface area contributed by atoms with Gasteiger partial charge in [0.05, 0.1) is 5.56 Å². The molecule has 0 aliphatic carbocycles. The van der Waals surface area contributed by atoms with E-state index in [2.05, 4.69) is 35.3 Å². The molecule has 3 N–H and O–H groups in total. The Morgan fingerprint density at radius 3 is 2.63 bits per heavy atom. The largest absolute Gasteiger partial charge is 0.438 e. The standard InChI is InChI=1S/C14H18N4O/c1-9(2)11-6-4-5-7-12(11)19-14-10(3)13(18-15)16-8-17-14/h4-9H,15H2,1-3H3,(H,16,17,18). The molecule has 2 aromatic rings. The molecule has 1 heterocycles. The lowest BCUT2D eigenvalue weighted by Crippen LogP contribution is -2.11. The van der Waals surface area contributed by atoms with Gasteiger partial charge in [-0.2, -0.15) is 0 Å². The number of hydrogen-bond donors (Lipinski definition) is 2. The molecule has 0 spiro atoms. The average molecular weight is 258 g/mol. The molecule has 0 fully saturated rings. The van der Waals surface area contributed by atoms with Crippen LogP contribution < -0.4 is 16.0 Å². The second-order valence-electron chi connectivity index (χ2n) is 4.59. The lowest BCUT2D eigenvalue weighted by atomic mass is 10.0. The zero-order valence-corrected chi connectivity index (χ0v) is 11.3. The summed E-state index contributed by atoms with van der Waals surface area (Å²) in [5.74, 6) is 7.66. The fourth-order valence-corrected chi connectivity index (χ4v) is 1.84. The Balaban J connectivity index is 2.37. The molecule has 0 bridgehead atoms. The van der Waals surface area contributed by atoms with Gasteiger partial charge in [-0.05, 0) is 24.5 Å². The Labute approximate surface area is 112 Å². The summed E-state index contributed by atoms with van der Waals surface area (Å²) in [6.07, 6.45) is 1.43. The summed E-state index contributed by atoms with van der Waals surface area (Å²) in [6, 6.07) is 7.94. The molecular formula is C14H18N4O. The highest BCUT2D eigenvalue weighted by molar-refractivity contribution is 5.48. The highest BCUT2D eigenvalue weighted by Gasteiger charge is 2.12. The predicted molar refractivity (Wildman–Crippen MR) is 75.2 cm³/mol. The molecular weight excluding hydrogens is 240 g/mol. The van der Waals surface area contributed by atoms with Crippen molar-refractivity contribution in [1.29, 1.82) is 0 Å². The van der Waals surface area contributed by atoms with Crippen LogP contribution in [-0.4, -0.2) is 9.97 Å². The highest BCUT2D eigenvalue weighted by atomic mass is 16.5. The third-order valence-electron chi connectivity index (χ3n) is 2.92. The molecule has 0 atom stereocenters. The number of para-hydroxylation sites is 1. The van der Waals surface area contributed by atoms with Gasteiger partial charge in [-0.1, -0.05) is 32.0 Å². The summed E-state index contributed by atoms with van der Waals surface area (Å²) in [4.78, 5) is 8.18. The number of nitrogen functional groups attached to an aromatic ring is 1. The summed E-state index contributed by atoms with van der Waals surface area (Å²) < 4.78 is 5.90. The van der Waals surface area contributed by atoms with E-state index in [1.165, 1.54) is 6.33 Å². The molecule has 0 aliphatic heterocycles. The molecule has 0 unspecified atom stereocenters. The van der Waals surface area contributed by atoms with Crippen molar-refractivity contribution in [2.45, 2.75) is 26.7 Å². The van der Waals surface area contributed by atoms with Crippen LogP contribution in [0.2, 0.25) is 0 Å². The first-order chi connectivity index (χ1) is 9.13. The molecule has 19 heavy (non-hydrogen) atoms. The molecule has 1 aromatic carbocycles. The van der Waals surface area contributed by atoms with Crippen LogP contribution in [0.5, 0.6) is 11.6 Å². The Morgan fingerprint density at radius 2 is 1.95 bits per heavy atom. The van der Waals surface area contributed by atoms with Crippen molar-refractivity contribution in [3.8, 4) is 11.6 Å². The van der Waals surface area contributed by atoms with Crippen molar-refractivity contribution in [3.05, 3.63) is 41.7 Å². The molecule has 0 saturated heterocycles. The van der Waals surface area contributed by atoms with Gasteiger partial charge in [0.1, 0.15) is 17.9 Å². The van der Waals surface area contributed by atoms with Crippen LogP contribution in [0.4, 0.5) is 5.82 Å². The normalized spacial score (nSPS) is 10.6. The fourth-order valence-electron chi connectivity index (χ4n) is 1.84. The third kappa shape index (κ3) is 2.82. The molecule has 0 saturated carbocycles. The van der Waals surface area contributed by atoms with Gasteiger partial charge in [0.25, 0.3) is 0 Å². The summed E-state index contributed by atoms with van der Waals surface area (Å²) in [6.45, 7) is 6.12. The van der Waals surface area contributed by atoms with Gasteiger partial charge in [0, 0.05) is 0 Å². The predicted octanol–water partition coefficient (Wildman–Crippen LogP) is 2.99. The highest BCUT2D eigenvalue weighted by Crippen LogP contribution is 2.31. The molecule has 5 heteroatoms. The summed E-state index contributed by atoms with van der Waals surface area (Å²) in [5, 5.41) is 0. The minimum Gasteiger partial charge on any atom is -0.438 e. The van der Waals surface area contributed by atoms with Gasteiger partial charge in [-0.15, -0.1) is 0 Å². The van der Waals surface area contributed by atoms with Gasteiger partial charge in [0.2, 0.25) is 5.88 Å². The van der Waals surface area contributed by atoms with Crippen LogP contribution in [0.3, 0.4) is 0 Å². The Morgan fingerprint density at radius 1 is 1.21 bits per heavy atom. The maximum atomic E-state index is 5.90. The third-order valence-corrected chi connectivity index (χ3v) is 2.92. The smallest absolute Gasteiger partial charge is 0.227 e. The van der Waals surface area contributed by atoms with Crippen molar-refractivity contribution in [2.24, 2.45) is 5.84 Å². The Bertz CT molecular complexity index is 569. The first-order valence-electron chi connectivity index (χ1n) is 6.18. The van der Waals surface area contributed by atoms with E-state index in [4.69, 9.17) is 10.6 Å². The first-order valence-corrected chi connectivity index (χ1v) is 6.18. The van der Waals surface area contributed by atoms with Crippen molar-refractivity contribution in [3.63, 3.8) is 0 Å². The fraction of sp³-hybridized carbons (Fsp3) is 0.286. The summed E-state index contributed by atoms with van der Waals surface area (Å²) >= 11 is 0. The topological polar surface area (TPSA) is 73.1 Å². The number of nitrogens with one attached hydrogen (secondary N) is 1. The van der Waals surface area contributed by atoms with Crippen LogP contribution >= 0.6 is 0 Å². The van der Waals surface area contributed by atoms with Crippen molar-refractivity contribution >= 4 is 5.82 Å². The molecule has 0 aliphatic rings. The maximum Gasteiger partial charge on any atom is 0.227 e. The number of nitrogens with two attached hydrogens (primary N) is 1. The van der Waals surface area contributed by atoms with Crippen LogP contribution in [-0.2, 0) is 0 Å². The average Bonchev–Trinajstić information content (AvgIpc) is 2.41. The van der Waals surface area contributed by atoms with Crippen molar-refractivity contribution in [1.82, 2.24) is 9.97 Å². The lowest BCUT2D eigenvalue weighted by Gasteiger charge is -2.14. The van der Waals surface area contributed by atoms with E-state index in [-0.39, 0.29) is 0 Å². The number of benzene rings is 1. The van der Waals surface area contributed by atoms with E-state index in [1.54, 1.807) is 0 Å². The van der Waals surface area contributed by atoms with E-state index in [0.29, 0.717) is 17.6 Å². The van der Waals surface area contributed by atoms with Crippen LogP contribution in [0.15, 0.2) is 30.6 Å².